The fraction of sp³-hybridized carbons (Fsp3) is 0.357. The molecule has 3 nitrogen and oxygen atoms in total. The van der Waals surface area contributed by atoms with Crippen molar-refractivity contribution in [2.75, 3.05) is 21.2 Å². The Kier molecular flexibility index (Phi) is 3.36. The van der Waals surface area contributed by atoms with Crippen LogP contribution in [0.25, 0.3) is 0 Å². The summed E-state index contributed by atoms with van der Waals surface area (Å²) in [6.07, 6.45) is 3.15. The van der Waals surface area contributed by atoms with Gasteiger partial charge in [-0.3, -0.25) is 4.79 Å². The Morgan fingerprint density at radius 2 is 2.06 bits per heavy atom. The summed E-state index contributed by atoms with van der Waals surface area (Å²) in [4.78, 5) is 14.1. The monoisotopic (exact) mass is 249 g/mol. The first-order valence-electron chi connectivity index (χ1n) is 5.81. The van der Waals surface area contributed by atoms with Crippen molar-refractivity contribution in [3.63, 3.8) is 0 Å². The van der Waals surface area contributed by atoms with Crippen molar-refractivity contribution in [2.45, 2.75) is 12.8 Å². The van der Waals surface area contributed by atoms with E-state index in [9.17, 15) is 9.18 Å². The SMILES string of the molecule is COc1cc2c(cc1F)CC/C(=C\N(C)C)C2=O. The highest BCUT2D eigenvalue weighted by Gasteiger charge is 2.24. The van der Waals surface area contributed by atoms with E-state index in [1.165, 1.54) is 19.2 Å². The average Bonchev–Trinajstić information content (AvgIpc) is 2.32. The Labute approximate surface area is 106 Å². The van der Waals surface area contributed by atoms with Gasteiger partial charge in [0.2, 0.25) is 0 Å². The van der Waals surface area contributed by atoms with Crippen molar-refractivity contribution in [2.24, 2.45) is 0 Å². The minimum atomic E-state index is -0.413. The highest BCUT2D eigenvalue weighted by molar-refractivity contribution is 6.10. The first-order chi connectivity index (χ1) is 8.52. The zero-order valence-corrected chi connectivity index (χ0v) is 10.8. The van der Waals surface area contributed by atoms with Gasteiger partial charge in [0, 0.05) is 31.4 Å². The van der Waals surface area contributed by atoms with E-state index >= 15 is 0 Å². The molecule has 0 aromatic heterocycles. The fourth-order valence-electron chi connectivity index (χ4n) is 2.16. The van der Waals surface area contributed by atoms with Crippen LogP contribution in [0.5, 0.6) is 5.75 Å². The summed E-state index contributed by atoms with van der Waals surface area (Å²) in [7, 11) is 5.15. The Morgan fingerprint density at radius 3 is 2.67 bits per heavy atom. The van der Waals surface area contributed by atoms with E-state index in [0.717, 1.165) is 11.1 Å². The first kappa shape index (κ1) is 12.6. The summed E-state index contributed by atoms with van der Waals surface area (Å²) >= 11 is 0. The maximum absolute atomic E-state index is 13.6. The molecule has 1 aliphatic rings. The molecule has 0 aliphatic heterocycles. The van der Waals surface area contributed by atoms with Gasteiger partial charge < -0.3 is 9.64 Å². The van der Waals surface area contributed by atoms with Crippen LogP contribution in [0.2, 0.25) is 0 Å². The van der Waals surface area contributed by atoms with Crippen LogP contribution in [0.4, 0.5) is 4.39 Å². The van der Waals surface area contributed by atoms with Crippen LogP contribution in [0.15, 0.2) is 23.9 Å². The number of carbonyl (C=O) groups excluding carboxylic acids is 1. The summed E-state index contributed by atoms with van der Waals surface area (Å²) < 4.78 is 18.5. The van der Waals surface area contributed by atoms with Crippen molar-refractivity contribution in [3.05, 3.63) is 40.8 Å². The average molecular weight is 249 g/mol. The molecule has 0 heterocycles. The maximum atomic E-state index is 13.6. The summed E-state index contributed by atoms with van der Waals surface area (Å²) in [5.41, 5.74) is 2.06. The summed E-state index contributed by atoms with van der Waals surface area (Å²) in [6.45, 7) is 0. The predicted octanol–water partition coefficient (Wildman–Crippen LogP) is 2.41. The van der Waals surface area contributed by atoms with E-state index in [1.807, 2.05) is 25.2 Å². The molecule has 0 fully saturated rings. The molecule has 0 saturated heterocycles. The van der Waals surface area contributed by atoms with Crippen LogP contribution in [-0.2, 0) is 6.42 Å². The molecule has 0 saturated carbocycles. The number of benzene rings is 1. The molecule has 1 aliphatic carbocycles. The third-order valence-corrected chi connectivity index (χ3v) is 2.99. The zero-order chi connectivity index (χ0) is 13.3. The zero-order valence-electron chi connectivity index (χ0n) is 10.8. The number of allylic oxidation sites excluding steroid dienone is 1. The molecule has 96 valence electrons. The topological polar surface area (TPSA) is 29.5 Å². The normalized spacial score (nSPS) is 16.7. The van der Waals surface area contributed by atoms with E-state index in [0.29, 0.717) is 18.4 Å². The van der Waals surface area contributed by atoms with Crippen molar-refractivity contribution >= 4 is 5.78 Å². The third kappa shape index (κ3) is 2.23. The number of hydrogen-bond donors (Lipinski definition) is 0. The van der Waals surface area contributed by atoms with Crippen molar-refractivity contribution in [1.29, 1.82) is 0 Å². The number of rotatable bonds is 2. The number of ketones is 1. The first-order valence-corrected chi connectivity index (χ1v) is 5.81. The number of aryl methyl sites for hydroxylation is 1. The Morgan fingerprint density at radius 1 is 1.33 bits per heavy atom. The van der Waals surface area contributed by atoms with Gasteiger partial charge in [-0.15, -0.1) is 0 Å². The second kappa shape index (κ2) is 4.80. The number of methoxy groups -OCH3 is 1. The van der Waals surface area contributed by atoms with Gasteiger partial charge >= 0.3 is 0 Å². The van der Waals surface area contributed by atoms with Gasteiger partial charge in [0.25, 0.3) is 0 Å². The molecule has 0 bridgehead atoms. The molecular formula is C14H16FNO2. The second-order valence-corrected chi connectivity index (χ2v) is 4.59. The van der Waals surface area contributed by atoms with Gasteiger partial charge in [-0.25, -0.2) is 4.39 Å². The number of Topliss-reactive ketones (excluding diaryl/α,β-unsaturated/α-hetero) is 1. The second-order valence-electron chi connectivity index (χ2n) is 4.59. The quantitative estimate of drug-likeness (QED) is 0.754. The van der Waals surface area contributed by atoms with Gasteiger partial charge in [0.1, 0.15) is 0 Å². The molecule has 0 unspecified atom stereocenters. The molecule has 18 heavy (non-hydrogen) atoms. The molecule has 1 aromatic carbocycles. The molecule has 1 aromatic rings. The number of hydrogen-bond acceptors (Lipinski definition) is 3. The van der Waals surface area contributed by atoms with Crippen LogP contribution < -0.4 is 4.74 Å². The lowest BCUT2D eigenvalue weighted by Crippen LogP contribution is -2.17. The highest BCUT2D eigenvalue weighted by Crippen LogP contribution is 2.30. The fourth-order valence-corrected chi connectivity index (χ4v) is 2.16. The smallest absolute Gasteiger partial charge is 0.190 e. The number of fused-ring (bicyclic) bond motifs is 1. The summed E-state index contributed by atoms with van der Waals surface area (Å²) in [6, 6.07) is 2.90. The minimum Gasteiger partial charge on any atom is -0.494 e. The van der Waals surface area contributed by atoms with E-state index in [1.54, 1.807) is 0 Å². The Bertz CT molecular complexity index is 521. The van der Waals surface area contributed by atoms with E-state index < -0.39 is 5.82 Å². The lowest BCUT2D eigenvalue weighted by Gasteiger charge is -2.20. The highest BCUT2D eigenvalue weighted by atomic mass is 19.1. The van der Waals surface area contributed by atoms with Gasteiger partial charge in [-0.05, 0) is 30.5 Å². The molecule has 0 N–H and O–H groups in total. The number of nitrogens with zero attached hydrogens (tertiary/aromatic N) is 1. The number of carbonyl (C=O) groups is 1. The van der Waals surface area contributed by atoms with Crippen molar-refractivity contribution in [3.8, 4) is 5.75 Å². The molecule has 0 amide bonds. The Balaban J connectivity index is 2.46. The standard InChI is InChI=1S/C14H16FNO2/c1-16(2)8-10-5-4-9-6-12(15)13(18-3)7-11(9)14(10)17/h6-8H,4-5H2,1-3H3/b10-8+. The van der Waals surface area contributed by atoms with Gasteiger partial charge in [0.15, 0.2) is 17.3 Å². The van der Waals surface area contributed by atoms with Gasteiger partial charge in [-0.1, -0.05) is 0 Å². The van der Waals surface area contributed by atoms with Gasteiger partial charge in [-0.2, -0.15) is 0 Å². The van der Waals surface area contributed by atoms with Crippen molar-refractivity contribution in [1.82, 2.24) is 4.90 Å². The van der Waals surface area contributed by atoms with E-state index in [2.05, 4.69) is 0 Å². The van der Waals surface area contributed by atoms with Gasteiger partial charge in [0.05, 0.1) is 7.11 Å². The lowest BCUT2D eigenvalue weighted by molar-refractivity contribution is 0.102. The number of halogens is 1. The van der Waals surface area contributed by atoms with Crippen LogP contribution in [-0.4, -0.2) is 31.9 Å². The predicted molar refractivity (Wildman–Crippen MR) is 67.4 cm³/mol. The molecule has 4 heteroatoms. The molecular weight excluding hydrogens is 233 g/mol. The minimum absolute atomic E-state index is 0.0387. The molecule has 0 radical (unpaired) electrons. The third-order valence-electron chi connectivity index (χ3n) is 2.99. The lowest BCUT2D eigenvalue weighted by atomic mass is 9.87. The molecule has 2 rings (SSSR count). The summed E-state index contributed by atoms with van der Waals surface area (Å²) in [5.74, 6) is -0.333. The molecule has 0 spiro atoms. The summed E-state index contributed by atoms with van der Waals surface area (Å²) in [5, 5.41) is 0. The van der Waals surface area contributed by atoms with Crippen LogP contribution >= 0.6 is 0 Å². The maximum Gasteiger partial charge on any atom is 0.190 e. The van der Waals surface area contributed by atoms with Crippen LogP contribution in [0.1, 0.15) is 22.3 Å². The van der Waals surface area contributed by atoms with Crippen LogP contribution in [0, 0.1) is 5.82 Å². The largest absolute Gasteiger partial charge is 0.494 e. The van der Waals surface area contributed by atoms with E-state index in [4.69, 9.17) is 4.74 Å². The number of ether oxygens (including phenoxy) is 1. The molecule has 0 atom stereocenters. The van der Waals surface area contributed by atoms with Crippen molar-refractivity contribution < 1.29 is 13.9 Å². The Hall–Kier alpha value is -1.84. The van der Waals surface area contributed by atoms with Crippen LogP contribution in [0.3, 0.4) is 0 Å². The van der Waals surface area contributed by atoms with E-state index in [-0.39, 0.29) is 11.5 Å².